The highest BCUT2D eigenvalue weighted by atomic mass is 16.5. The minimum absolute atomic E-state index is 0.110. The molecule has 28 heavy (non-hydrogen) atoms. The van der Waals surface area contributed by atoms with Crippen molar-refractivity contribution < 1.29 is 9.53 Å². The first-order valence-corrected chi connectivity index (χ1v) is 9.44. The van der Waals surface area contributed by atoms with Crippen LogP contribution in [0.5, 0.6) is 5.75 Å². The van der Waals surface area contributed by atoms with Gasteiger partial charge in [0.05, 0.1) is 13.7 Å². The zero-order chi connectivity index (χ0) is 19.9. The topological polar surface area (TPSA) is 45.7 Å². The maximum Gasteiger partial charge on any atom is 0.236 e. The molecule has 0 aliphatic heterocycles. The SMILES string of the molecule is COc1ccc2cc(CN(C)C(=O)CN(C)CCc3ccccn3)ccc2c1. The molecule has 0 N–H and O–H groups in total. The summed E-state index contributed by atoms with van der Waals surface area (Å²) in [6.45, 7) is 1.79. The van der Waals surface area contributed by atoms with Gasteiger partial charge in [0.15, 0.2) is 0 Å². The molecule has 5 heteroatoms. The molecular formula is C23H27N3O2. The van der Waals surface area contributed by atoms with E-state index in [2.05, 4.69) is 23.2 Å². The Morgan fingerprint density at radius 1 is 1.04 bits per heavy atom. The van der Waals surface area contributed by atoms with Crippen LogP contribution in [0.3, 0.4) is 0 Å². The van der Waals surface area contributed by atoms with Gasteiger partial charge < -0.3 is 9.64 Å². The molecule has 1 heterocycles. The fraction of sp³-hybridized carbons (Fsp3) is 0.304. The number of methoxy groups -OCH3 is 1. The van der Waals surface area contributed by atoms with Crippen molar-refractivity contribution in [2.45, 2.75) is 13.0 Å². The third-order valence-electron chi connectivity index (χ3n) is 4.84. The normalized spacial score (nSPS) is 11.0. The van der Waals surface area contributed by atoms with Crippen LogP contribution >= 0.6 is 0 Å². The maximum absolute atomic E-state index is 12.6. The van der Waals surface area contributed by atoms with E-state index >= 15 is 0 Å². The van der Waals surface area contributed by atoms with Crippen molar-refractivity contribution in [2.75, 3.05) is 34.3 Å². The van der Waals surface area contributed by atoms with Crippen LogP contribution < -0.4 is 4.74 Å². The Morgan fingerprint density at radius 2 is 1.82 bits per heavy atom. The van der Waals surface area contributed by atoms with Crippen molar-refractivity contribution in [3.8, 4) is 5.75 Å². The molecule has 0 atom stereocenters. The highest BCUT2D eigenvalue weighted by Gasteiger charge is 2.12. The lowest BCUT2D eigenvalue weighted by Gasteiger charge is -2.22. The second-order valence-corrected chi connectivity index (χ2v) is 7.11. The summed E-state index contributed by atoms with van der Waals surface area (Å²) in [5, 5.41) is 2.28. The standard InChI is InChI=1S/C23H27N3O2/c1-25(13-11-21-6-4-5-12-24-21)17-23(27)26(2)16-18-7-8-20-15-22(28-3)10-9-19(20)14-18/h4-10,12,14-15H,11,13,16-17H2,1-3H3. The summed E-state index contributed by atoms with van der Waals surface area (Å²) in [5.74, 6) is 0.958. The zero-order valence-corrected chi connectivity index (χ0v) is 16.8. The van der Waals surface area contributed by atoms with Crippen LogP contribution in [0.1, 0.15) is 11.3 Å². The second-order valence-electron chi connectivity index (χ2n) is 7.11. The molecule has 2 aromatic carbocycles. The second kappa shape index (κ2) is 9.33. The van der Waals surface area contributed by atoms with E-state index in [-0.39, 0.29) is 5.91 Å². The summed E-state index contributed by atoms with van der Waals surface area (Å²) in [4.78, 5) is 20.7. The van der Waals surface area contributed by atoms with Gasteiger partial charge in [0.2, 0.25) is 5.91 Å². The minimum atomic E-state index is 0.110. The smallest absolute Gasteiger partial charge is 0.236 e. The van der Waals surface area contributed by atoms with E-state index in [1.165, 1.54) is 0 Å². The summed E-state index contributed by atoms with van der Waals surface area (Å²) < 4.78 is 5.27. The lowest BCUT2D eigenvalue weighted by molar-refractivity contribution is -0.131. The number of benzene rings is 2. The van der Waals surface area contributed by atoms with Gasteiger partial charge in [-0.15, -0.1) is 0 Å². The largest absolute Gasteiger partial charge is 0.497 e. The Hall–Kier alpha value is -2.92. The molecule has 1 aromatic heterocycles. The predicted octanol–water partition coefficient (Wildman–Crippen LogP) is 3.38. The number of rotatable bonds is 8. The third-order valence-corrected chi connectivity index (χ3v) is 4.84. The van der Waals surface area contributed by atoms with Crippen LogP contribution in [0.25, 0.3) is 10.8 Å². The Kier molecular flexibility index (Phi) is 6.61. The van der Waals surface area contributed by atoms with Crippen LogP contribution in [0.4, 0.5) is 0 Å². The molecule has 0 unspecified atom stereocenters. The molecule has 5 nitrogen and oxygen atoms in total. The van der Waals surface area contributed by atoms with Crippen molar-refractivity contribution >= 4 is 16.7 Å². The highest BCUT2D eigenvalue weighted by Crippen LogP contribution is 2.22. The van der Waals surface area contributed by atoms with Gasteiger partial charge in [-0.1, -0.05) is 24.3 Å². The van der Waals surface area contributed by atoms with Crippen LogP contribution in [0, 0.1) is 0 Å². The van der Waals surface area contributed by atoms with E-state index in [1.54, 1.807) is 18.2 Å². The Balaban J connectivity index is 1.53. The molecule has 0 fully saturated rings. The van der Waals surface area contributed by atoms with E-state index in [0.29, 0.717) is 13.1 Å². The highest BCUT2D eigenvalue weighted by molar-refractivity contribution is 5.84. The summed E-state index contributed by atoms with van der Waals surface area (Å²) >= 11 is 0. The number of hydrogen-bond donors (Lipinski definition) is 0. The molecule has 0 bridgehead atoms. The van der Waals surface area contributed by atoms with Crippen LogP contribution in [0.15, 0.2) is 60.8 Å². The number of carbonyl (C=O) groups is 1. The number of ether oxygens (including phenoxy) is 1. The van der Waals surface area contributed by atoms with Crippen molar-refractivity contribution in [3.63, 3.8) is 0 Å². The number of aromatic nitrogens is 1. The number of likely N-dealkylation sites (N-methyl/N-ethyl adjacent to an activating group) is 2. The number of hydrogen-bond acceptors (Lipinski definition) is 4. The molecule has 3 aromatic rings. The van der Waals surface area contributed by atoms with Crippen molar-refractivity contribution in [1.82, 2.24) is 14.8 Å². The van der Waals surface area contributed by atoms with E-state index in [4.69, 9.17) is 4.74 Å². The Morgan fingerprint density at radius 3 is 2.57 bits per heavy atom. The van der Waals surface area contributed by atoms with Gasteiger partial charge in [0, 0.05) is 38.4 Å². The first-order valence-electron chi connectivity index (χ1n) is 9.44. The average molecular weight is 377 g/mol. The van der Waals surface area contributed by atoms with Gasteiger partial charge in [0.25, 0.3) is 0 Å². The zero-order valence-electron chi connectivity index (χ0n) is 16.8. The van der Waals surface area contributed by atoms with Crippen LogP contribution in [-0.4, -0.2) is 55.0 Å². The summed E-state index contributed by atoms with van der Waals surface area (Å²) in [6.07, 6.45) is 2.64. The average Bonchev–Trinajstić information content (AvgIpc) is 2.72. The van der Waals surface area contributed by atoms with Gasteiger partial charge in [-0.25, -0.2) is 0 Å². The van der Waals surface area contributed by atoms with Crippen LogP contribution in [0.2, 0.25) is 0 Å². The molecule has 0 aliphatic rings. The first-order chi connectivity index (χ1) is 13.5. The number of pyridine rings is 1. The Bertz CT molecular complexity index is 928. The van der Waals surface area contributed by atoms with E-state index in [0.717, 1.165) is 40.7 Å². The molecule has 0 spiro atoms. The molecule has 0 radical (unpaired) electrons. The van der Waals surface area contributed by atoms with Crippen molar-refractivity contribution in [1.29, 1.82) is 0 Å². The number of carbonyl (C=O) groups excluding carboxylic acids is 1. The number of nitrogens with zero attached hydrogens (tertiary/aromatic N) is 3. The molecular weight excluding hydrogens is 350 g/mol. The summed E-state index contributed by atoms with van der Waals surface area (Å²) in [7, 11) is 5.49. The van der Waals surface area contributed by atoms with Gasteiger partial charge in [-0.2, -0.15) is 0 Å². The molecule has 146 valence electrons. The van der Waals surface area contributed by atoms with Gasteiger partial charge >= 0.3 is 0 Å². The van der Waals surface area contributed by atoms with Crippen molar-refractivity contribution in [3.05, 3.63) is 72.1 Å². The minimum Gasteiger partial charge on any atom is -0.497 e. The van der Waals surface area contributed by atoms with E-state index in [9.17, 15) is 4.79 Å². The summed E-state index contributed by atoms with van der Waals surface area (Å²) in [5.41, 5.74) is 2.16. The number of fused-ring (bicyclic) bond motifs is 1. The molecule has 1 amide bonds. The first kappa shape index (κ1) is 19.8. The third kappa shape index (κ3) is 5.30. The lowest BCUT2D eigenvalue weighted by atomic mass is 10.1. The van der Waals surface area contributed by atoms with Gasteiger partial charge in [0.1, 0.15) is 5.75 Å². The van der Waals surface area contributed by atoms with Gasteiger partial charge in [-0.3, -0.25) is 14.7 Å². The fourth-order valence-electron chi connectivity index (χ4n) is 3.14. The lowest BCUT2D eigenvalue weighted by Crippen LogP contribution is -2.37. The van der Waals surface area contributed by atoms with Gasteiger partial charge in [-0.05, 0) is 53.7 Å². The predicted molar refractivity (Wildman–Crippen MR) is 112 cm³/mol. The number of amides is 1. The van der Waals surface area contributed by atoms with Crippen LogP contribution in [-0.2, 0) is 17.8 Å². The Labute approximate surface area is 166 Å². The molecule has 0 saturated carbocycles. The monoisotopic (exact) mass is 377 g/mol. The van der Waals surface area contributed by atoms with E-state index < -0.39 is 0 Å². The molecule has 3 rings (SSSR count). The molecule has 0 aliphatic carbocycles. The summed E-state index contributed by atoms with van der Waals surface area (Å²) in [6, 6.07) is 18.2. The maximum atomic E-state index is 12.6. The fourth-order valence-corrected chi connectivity index (χ4v) is 3.14. The quantitative estimate of drug-likeness (QED) is 0.604. The van der Waals surface area contributed by atoms with Crippen molar-refractivity contribution in [2.24, 2.45) is 0 Å². The molecule has 0 saturated heterocycles. The van der Waals surface area contributed by atoms with E-state index in [1.807, 2.05) is 55.4 Å².